The van der Waals surface area contributed by atoms with Gasteiger partial charge in [-0.25, -0.2) is 0 Å². The van der Waals surface area contributed by atoms with Crippen LogP contribution in [0.2, 0.25) is 0 Å². The number of esters is 1. The Morgan fingerprint density at radius 1 is 1.36 bits per heavy atom. The molecule has 1 aliphatic rings. The molecule has 0 saturated heterocycles. The molecule has 2 heteroatoms. The summed E-state index contributed by atoms with van der Waals surface area (Å²) in [7, 11) is 1.50. The Bertz CT molecular complexity index is 200. The average Bonchev–Trinajstić information content (AvgIpc) is 2.18. The Labute approximate surface area is 87.0 Å². The summed E-state index contributed by atoms with van der Waals surface area (Å²) in [6.07, 6.45) is 4.32. The van der Waals surface area contributed by atoms with Gasteiger partial charge < -0.3 is 4.74 Å². The fourth-order valence-electron chi connectivity index (χ4n) is 2.50. The third-order valence-corrected chi connectivity index (χ3v) is 3.86. The van der Waals surface area contributed by atoms with Crippen LogP contribution in [-0.2, 0) is 9.53 Å². The van der Waals surface area contributed by atoms with Gasteiger partial charge in [0.2, 0.25) is 0 Å². The topological polar surface area (TPSA) is 26.3 Å². The van der Waals surface area contributed by atoms with E-state index >= 15 is 0 Å². The van der Waals surface area contributed by atoms with Gasteiger partial charge in [0.1, 0.15) is 0 Å². The lowest BCUT2D eigenvalue weighted by molar-refractivity contribution is -0.159. The minimum Gasteiger partial charge on any atom is -0.469 e. The van der Waals surface area contributed by atoms with Gasteiger partial charge in [-0.05, 0) is 37.5 Å². The van der Waals surface area contributed by atoms with Crippen LogP contribution in [0.1, 0.15) is 46.5 Å². The molecule has 0 aliphatic heterocycles. The van der Waals surface area contributed by atoms with Crippen LogP contribution in [0.15, 0.2) is 0 Å². The highest BCUT2D eigenvalue weighted by molar-refractivity contribution is 5.77. The molecule has 0 amide bonds. The molecule has 0 radical (unpaired) electrons. The molecule has 0 unspecified atom stereocenters. The average molecular weight is 198 g/mol. The summed E-state index contributed by atoms with van der Waals surface area (Å²) in [5.74, 6) is 1.16. The highest BCUT2D eigenvalue weighted by Crippen LogP contribution is 2.45. The summed E-state index contributed by atoms with van der Waals surface area (Å²) in [5.41, 5.74) is -0.193. The van der Waals surface area contributed by atoms with Crippen molar-refractivity contribution in [1.82, 2.24) is 0 Å². The van der Waals surface area contributed by atoms with Gasteiger partial charge in [-0.3, -0.25) is 4.79 Å². The molecule has 82 valence electrons. The van der Waals surface area contributed by atoms with Crippen LogP contribution in [-0.4, -0.2) is 13.1 Å². The Hall–Kier alpha value is -0.530. The third-order valence-electron chi connectivity index (χ3n) is 3.86. The third kappa shape index (κ3) is 1.94. The Morgan fingerprint density at radius 3 is 2.21 bits per heavy atom. The summed E-state index contributed by atoms with van der Waals surface area (Å²) in [6, 6.07) is 0. The zero-order chi connectivity index (χ0) is 10.8. The predicted octanol–water partition coefficient (Wildman–Crippen LogP) is 3.01. The first-order valence-electron chi connectivity index (χ1n) is 5.61. The fraction of sp³-hybridized carbons (Fsp3) is 0.917. The van der Waals surface area contributed by atoms with Gasteiger partial charge in [0.15, 0.2) is 0 Å². The zero-order valence-electron chi connectivity index (χ0n) is 9.80. The summed E-state index contributed by atoms with van der Waals surface area (Å²) in [4.78, 5) is 11.8. The number of rotatable bonds is 2. The van der Waals surface area contributed by atoms with Crippen LogP contribution in [0.5, 0.6) is 0 Å². The smallest absolute Gasteiger partial charge is 0.312 e. The van der Waals surface area contributed by atoms with Crippen LogP contribution >= 0.6 is 0 Å². The second-order valence-corrected chi connectivity index (χ2v) is 4.98. The van der Waals surface area contributed by atoms with Crippen LogP contribution < -0.4 is 0 Å². The van der Waals surface area contributed by atoms with Crippen molar-refractivity contribution in [3.05, 3.63) is 0 Å². The molecule has 0 spiro atoms. The number of ether oxygens (including phenoxy) is 1. The normalized spacial score (nSPS) is 33.1. The molecule has 1 saturated carbocycles. The van der Waals surface area contributed by atoms with Gasteiger partial charge in [0.25, 0.3) is 0 Å². The molecule has 0 aromatic rings. The number of carbonyl (C=O) groups excluding carboxylic acids is 1. The van der Waals surface area contributed by atoms with Crippen molar-refractivity contribution in [3.63, 3.8) is 0 Å². The monoisotopic (exact) mass is 198 g/mol. The van der Waals surface area contributed by atoms with Gasteiger partial charge >= 0.3 is 5.97 Å². The van der Waals surface area contributed by atoms with Crippen molar-refractivity contribution in [3.8, 4) is 0 Å². The van der Waals surface area contributed by atoms with Gasteiger partial charge in [-0.15, -0.1) is 0 Å². The minimum absolute atomic E-state index is 0.000556. The lowest BCUT2D eigenvalue weighted by Gasteiger charge is -2.39. The van der Waals surface area contributed by atoms with Gasteiger partial charge in [-0.2, -0.15) is 0 Å². The summed E-state index contributed by atoms with van der Waals surface area (Å²) >= 11 is 0. The highest BCUT2D eigenvalue weighted by Gasteiger charge is 2.44. The van der Waals surface area contributed by atoms with Crippen molar-refractivity contribution in [2.24, 2.45) is 17.3 Å². The molecule has 0 N–H and O–H groups in total. The van der Waals surface area contributed by atoms with E-state index in [0.29, 0.717) is 5.92 Å². The van der Waals surface area contributed by atoms with E-state index in [1.54, 1.807) is 0 Å². The van der Waals surface area contributed by atoms with E-state index in [0.717, 1.165) is 31.6 Å². The predicted molar refractivity (Wildman–Crippen MR) is 56.9 cm³/mol. The largest absolute Gasteiger partial charge is 0.469 e. The highest BCUT2D eigenvalue weighted by atomic mass is 16.5. The van der Waals surface area contributed by atoms with Crippen molar-refractivity contribution in [2.75, 3.05) is 7.11 Å². The maximum atomic E-state index is 11.8. The first-order chi connectivity index (χ1) is 6.53. The summed E-state index contributed by atoms with van der Waals surface area (Å²) in [5, 5.41) is 0. The molecule has 2 nitrogen and oxygen atoms in total. The first-order valence-corrected chi connectivity index (χ1v) is 5.61. The van der Waals surface area contributed by atoms with E-state index < -0.39 is 0 Å². The van der Waals surface area contributed by atoms with Crippen molar-refractivity contribution >= 4 is 5.97 Å². The molecule has 0 aromatic carbocycles. The van der Waals surface area contributed by atoms with E-state index in [1.807, 2.05) is 0 Å². The lowest BCUT2D eigenvalue weighted by Crippen LogP contribution is -2.40. The molecular weight excluding hydrogens is 176 g/mol. The van der Waals surface area contributed by atoms with Crippen LogP contribution in [0, 0.1) is 17.3 Å². The Morgan fingerprint density at radius 2 is 1.86 bits per heavy atom. The van der Waals surface area contributed by atoms with E-state index in [1.165, 1.54) is 7.11 Å². The van der Waals surface area contributed by atoms with Gasteiger partial charge in [0.05, 0.1) is 12.5 Å². The quantitative estimate of drug-likeness (QED) is 0.637. The number of carbonyl (C=O) groups is 1. The van der Waals surface area contributed by atoms with Crippen LogP contribution in [0.3, 0.4) is 0 Å². The van der Waals surface area contributed by atoms with E-state index in [9.17, 15) is 4.79 Å². The molecule has 1 aliphatic carbocycles. The van der Waals surface area contributed by atoms with Crippen LogP contribution in [0.25, 0.3) is 0 Å². The Kier molecular flexibility index (Phi) is 3.57. The van der Waals surface area contributed by atoms with E-state index in [2.05, 4.69) is 20.8 Å². The van der Waals surface area contributed by atoms with Gasteiger partial charge in [-0.1, -0.05) is 20.8 Å². The molecule has 1 fully saturated rings. The molecule has 14 heavy (non-hydrogen) atoms. The number of hydrogen-bond acceptors (Lipinski definition) is 2. The molecular formula is C12H22O2. The maximum Gasteiger partial charge on any atom is 0.312 e. The summed E-state index contributed by atoms with van der Waals surface area (Å²) in [6.45, 7) is 6.53. The molecule has 0 bridgehead atoms. The van der Waals surface area contributed by atoms with Gasteiger partial charge in [0, 0.05) is 0 Å². The lowest BCUT2D eigenvalue weighted by atomic mass is 9.65. The minimum atomic E-state index is -0.193. The summed E-state index contributed by atoms with van der Waals surface area (Å²) < 4.78 is 4.95. The van der Waals surface area contributed by atoms with Crippen molar-refractivity contribution < 1.29 is 9.53 Å². The zero-order valence-corrected chi connectivity index (χ0v) is 9.80. The van der Waals surface area contributed by atoms with Crippen molar-refractivity contribution in [1.29, 1.82) is 0 Å². The van der Waals surface area contributed by atoms with Crippen LogP contribution in [0.4, 0.5) is 0 Å². The van der Waals surface area contributed by atoms with E-state index in [4.69, 9.17) is 4.74 Å². The molecule has 1 rings (SSSR count). The second-order valence-electron chi connectivity index (χ2n) is 4.98. The Balaban J connectivity index is 2.78. The molecule has 0 atom stereocenters. The van der Waals surface area contributed by atoms with E-state index in [-0.39, 0.29) is 11.4 Å². The maximum absolute atomic E-state index is 11.8. The molecule has 0 heterocycles. The second kappa shape index (κ2) is 4.33. The number of hydrogen-bond donors (Lipinski definition) is 0. The molecule has 0 aromatic heterocycles. The first kappa shape index (κ1) is 11.5. The van der Waals surface area contributed by atoms with Crippen molar-refractivity contribution in [2.45, 2.75) is 46.5 Å². The standard InChI is InChI=1S/C12H22O2/c1-9(2)12(11(13)14-4)7-5-10(3)6-8-12/h9-10H,5-8H2,1-4H3. The number of methoxy groups -OCH3 is 1. The SMILES string of the molecule is COC(=O)C1(C(C)C)CCC(C)CC1. The fourth-order valence-corrected chi connectivity index (χ4v) is 2.50.